The molecule has 2 atom stereocenters. The zero-order chi connectivity index (χ0) is 13.7. The van der Waals surface area contributed by atoms with E-state index >= 15 is 0 Å². The molecule has 2 rings (SSSR count). The second-order valence-corrected chi connectivity index (χ2v) is 6.20. The molecular formula is C17H28N2. The maximum Gasteiger partial charge on any atom is 0.0340 e. The van der Waals surface area contributed by atoms with Gasteiger partial charge in [-0.25, -0.2) is 0 Å². The van der Waals surface area contributed by atoms with Gasteiger partial charge in [0.2, 0.25) is 0 Å². The van der Waals surface area contributed by atoms with E-state index in [4.69, 9.17) is 0 Å². The van der Waals surface area contributed by atoms with Crippen LogP contribution < -0.4 is 5.32 Å². The maximum atomic E-state index is 3.51. The van der Waals surface area contributed by atoms with Gasteiger partial charge < -0.3 is 10.2 Å². The van der Waals surface area contributed by atoms with Crippen LogP contribution in [0.5, 0.6) is 0 Å². The second kappa shape index (κ2) is 6.95. The first kappa shape index (κ1) is 14.4. The van der Waals surface area contributed by atoms with E-state index < -0.39 is 0 Å². The molecule has 0 heterocycles. The fourth-order valence-electron chi connectivity index (χ4n) is 3.03. The SMILES string of the molecule is Cc1ccc(NCCN(C)C2CCCC(C)C2)cc1. The topological polar surface area (TPSA) is 15.3 Å². The molecule has 0 amide bonds. The van der Waals surface area contributed by atoms with Gasteiger partial charge in [0.15, 0.2) is 0 Å². The van der Waals surface area contributed by atoms with Gasteiger partial charge >= 0.3 is 0 Å². The third-order valence-electron chi connectivity index (χ3n) is 4.38. The van der Waals surface area contributed by atoms with Gasteiger partial charge in [0.05, 0.1) is 0 Å². The molecule has 2 unspecified atom stereocenters. The summed E-state index contributed by atoms with van der Waals surface area (Å²) in [5.41, 5.74) is 2.55. The third kappa shape index (κ3) is 4.54. The summed E-state index contributed by atoms with van der Waals surface area (Å²) in [6.07, 6.45) is 5.58. The van der Waals surface area contributed by atoms with E-state index in [2.05, 4.69) is 55.4 Å². The van der Waals surface area contributed by atoms with E-state index in [1.165, 1.54) is 36.9 Å². The molecule has 0 radical (unpaired) electrons. The Morgan fingerprint density at radius 3 is 2.63 bits per heavy atom. The number of aryl methyl sites for hydroxylation is 1. The summed E-state index contributed by atoms with van der Waals surface area (Å²) in [5.74, 6) is 0.909. The number of hydrogen-bond acceptors (Lipinski definition) is 2. The first-order valence-corrected chi connectivity index (χ1v) is 7.66. The van der Waals surface area contributed by atoms with Crippen LogP contribution in [0.2, 0.25) is 0 Å². The van der Waals surface area contributed by atoms with Gasteiger partial charge in [0, 0.05) is 24.8 Å². The van der Waals surface area contributed by atoms with Crippen LogP contribution in [0, 0.1) is 12.8 Å². The normalized spacial score (nSPS) is 23.6. The quantitative estimate of drug-likeness (QED) is 0.863. The van der Waals surface area contributed by atoms with Gasteiger partial charge in [-0.15, -0.1) is 0 Å². The number of likely N-dealkylation sites (N-methyl/N-ethyl adjacent to an activating group) is 1. The molecular weight excluding hydrogens is 232 g/mol. The maximum absolute atomic E-state index is 3.51. The summed E-state index contributed by atoms with van der Waals surface area (Å²) in [6, 6.07) is 9.45. The lowest BCUT2D eigenvalue weighted by molar-refractivity contribution is 0.169. The van der Waals surface area contributed by atoms with Crippen LogP contribution in [-0.2, 0) is 0 Å². The Bertz CT molecular complexity index is 371. The average molecular weight is 260 g/mol. The summed E-state index contributed by atoms with van der Waals surface area (Å²) in [4.78, 5) is 2.54. The highest BCUT2D eigenvalue weighted by Crippen LogP contribution is 2.26. The van der Waals surface area contributed by atoms with Crippen LogP contribution in [0.4, 0.5) is 5.69 Å². The molecule has 1 saturated carbocycles. The van der Waals surface area contributed by atoms with Crippen molar-refractivity contribution in [1.29, 1.82) is 0 Å². The lowest BCUT2D eigenvalue weighted by atomic mass is 9.86. The Morgan fingerprint density at radius 2 is 1.95 bits per heavy atom. The average Bonchev–Trinajstić information content (AvgIpc) is 2.41. The van der Waals surface area contributed by atoms with Gasteiger partial charge in [-0.2, -0.15) is 0 Å². The van der Waals surface area contributed by atoms with E-state index in [-0.39, 0.29) is 0 Å². The van der Waals surface area contributed by atoms with Crippen LogP contribution in [0.1, 0.15) is 38.2 Å². The minimum Gasteiger partial charge on any atom is -0.384 e. The van der Waals surface area contributed by atoms with Crippen LogP contribution in [0.3, 0.4) is 0 Å². The lowest BCUT2D eigenvalue weighted by Gasteiger charge is -2.34. The van der Waals surface area contributed by atoms with Crippen molar-refractivity contribution in [2.45, 2.75) is 45.6 Å². The van der Waals surface area contributed by atoms with Crippen LogP contribution in [-0.4, -0.2) is 31.1 Å². The minimum atomic E-state index is 0.795. The molecule has 1 aliphatic rings. The number of nitrogens with one attached hydrogen (secondary N) is 1. The van der Waals surface area contributed by atoms with Crippen molar-refractivity contribution in [3.8, 4) is 0 Å². The van der Waals surface area contributed by atoms with E-state index in [0.29, 0.717) is 0 Å². The van der Waals surface area contributed by atoms with Gasteiger partial charge in [-0.1, -0.05) is 37.5 Å². The highest BCUT2D eigenvalue weighted by molar-refractivity contribution is 5.44. The lowest BCUT2D eigenvalue weighted by Crippen LogP contribution is -2.38. The van der Waals surface area contributed by atoms with Crippen molar-refractivity contribution in [2.24, 2.45) is 5.92 Å². The van der Waals surface area contributed by atoms with Crippen molar-refractivity contribution in [3.05, 3.63) is 29.8 Å². The standard InChI is InChI=1S/C17H28N2/c1-14-7-9-16(10-8-14)18-11-12-19(3)17-6-4-5-15(2)13-17/h7-10,15,17-18H,4-6,11-13H2,1-3H3. The van der Waals surface area contributed by atoms with E-state index in [9.17, 15) is 0 Å². The zero-order valence-corrected chi connectivity index (χ0v) is 12.7. The zero-order valence-electron chi connectivity index (χ0n) is 12.7. The van der Waals surface area contributed by atoms with Crippen LogP contribution >= 0.6 is 0 Å². The molecule has 2 heteroatoms. The number of rotatable bonds is 5. The molecule has 2 nitrogen and oxygen atoms in total. The predicted octanol–water partition coefficient (Wildman–Crippen LogP) is 3.92. The van der Waals surface area contributed by atoms with Gasteiger partial charge in [-0.3, -0.25) is 0 Å². The van der Waals surface area contributed by atoms with Crippen molar-refractivity contribution in [2.75, 3.05) is 25.5 Å². The first-order valence-electron chi connectivity index (χ1n) is 7.66. The van der Waals surface area contributed by atoms with Crippen molar-refractivity contribution >= 4 is 5.69 Å². The van der Waals surface area contributed by atoms with Gasteiger partial charge in [-0.05, 0) is 44.9 Å². The Kier molecular flexibility index (Phi) is 5.26. The number of hydrogen-bond donors (Lipinski definition) is 1. The molecule has 1 N–H and O–H groups in total. The number of anilines is 1. The van der Waals surface area contributed by atoms with E-state index in [1.807, 2.05) is 0 Å². The highest BCUT2D eigenvalue weighted by atomic mass is 15.1. The molecule has 0 saturated heterocycles. The Balaban J connectivity index is 1.71. The van der Waals surface area contributed by atoms with Crippen molar-refractivity contribution in [1.82, 2.24) is 4.90 Å². The fourth-order valence-corrected chi connectivity index (χ4v) is 3.03. The Hall–Kier alpha value is -1.02. The summed E-state index contributed by atoms with van der Waals surface area (Å²) < 4.78 is 0. The summed E-state index contributed by atoms with van der Waals surface area (Å²) in [5, 5.41) is 3.51. The van der Waals surface area contributed by atoms with Crippen LogP contribution in [0.25, 0.3) is 0 Å². The summed E-state index contributed by atoms with van der Waals surface area (Å²) >= 11 is 0. The smallest absolute Gasteiger partial charge is 0.0340 e. The monoisotopic (exact) mass is 260 g/mol. The highest BCUT2D eigenvalue weighted by Gasteiger charge is 2.21. The van der Waals surface area contributed by atoms with Crippen molar-refractivity contribution in [3.63, 3.8) is 0 Å². The fraction of sp³-hybridized carbons (Fsp3) is 0.647. The summed E-state index contributed by atoms with van der Waals surface area (Å²) in [6.45, 7) is 6.68. The molecule has 1 aliphatic carbocycles. The van der Waals surface area contributed by atoms with Gasteiger partial charge in [0.1, 0.15) is 0 Å². The van der Waals surface area contributed by atoms with Crippen molar-refractivity contribution < 1.29 is 0 Å². The second-order valence-electron chi connectivity index (χ2n) is 6.20. The van der Waals surface area contributed by atoms with E-state index in [1.54, 1.807) is 0 Å². The molecule has 1 aromatic rings. The minimum absolute atomic E-state index is 0.795. The molecule has 1 aromatic carbocycles. The molecule has 1 fully saturated rings. The molecule has 0 aliphatic heterocycles. The molecule has 0 bridgehead atoms. The molecule has 106 valence electrons. The molecule has 19 heavy (non-hydrogen) atoms. The first-order chi connectivity index (χ1) is 9.15. The number of nitrogens with zero attached hydrogens (tertiary/aromatic N) is 1. The molecule has 0 spiro atoms. The van der Waals surface area contributed by atoms with E-state index in [0.717, 1.165) is 25.0 Å². The molecule has 0 aromatic heterocycles. The van der Waals surface area contributed by atoms with Crippen LogP contribution in [0.15, 0.2) is 24.3 Å². The largest absolute Gasteiger partial charge is 0.384 e. The number of benzene rings is 1. The Labute approximate surface area is 118 Å². The summed E-state index contributed by atoms with van der Waals surface area (Å²) in [7, 11) is 2.28. The van der Waals surface area contributed by atoms with Gasteiger partial charge in [0.25, 0.3) is 0 Å². The predicted molar refractivity (Wildman–Crippen MR) is 83.7 cm³/mol. The Morgan fingerprint density at radius 1 is 1.21 bits per heavy atom. The third-order valence-corrected chi connectivity index (χ3v) is 4.38.